The molecule has 0 bridgehead atoms. The second-order valence-electron chi connectivity index (χ2n) is 7.58. The molecule has 1 aliphatic heterocycles. The Balaban J connectivity index is 1.72. The summed E-state index contributed by atoms with van der Waals surface area (Å²) in [6.07, 6.45) is 0.910. The number of carbonyl (C=O) groups excluding carboxylic acids is 1. The number of fused-ring (bicyclic) bond motifs is 2. The molecule has 0 unspecified atom stereocenters. The molecule has 0 fully saturated rings. The van der Waals surface area contributed by atoms with Crippen molar-refractivity contribution >= 4 is 49.3 Å². The van der Waals surface area contributed by atoms with Crippen molar-refractivity contribution in [3.05, 3.63) is 85.1 Å². The van der Waals surface area contributed by atoms with Gasteiger partial charge in [-0.1, -0.05) is 35.0 Å². The summed E-state index contributed by atoms with van der Waals surface area (Å²) in [7, 11) is 0. The lowest BCUT2D eigenvalue weighted by Crippen LogP contribution is -2.29. The number of carbonyl (C=O) groups is 1. The van der Waals surface area contributed by atoms with Crippen LogP contribution in [0.1, 0.15) is 46.8 Å². The molecule has 1 amide bonds. The summed E-state index contributed by atoms with van der Waals surface area (Å²) in [5.41, 5.74) is 2.09. The second kappa shape index (κ2) is 8.18. The molecule has 2 aromatic carbocycles. The summed E-state index contributed by atoms with van der Waals surface area (Å²) in [6, 6.07) is 12.1. The molecule has 0 radical (unpaired) electrons. The molecule has 4 aromatic rings. The predicted molar refractivity (Wildman–Crippen MR) is 128 cm³/mol. The highest BCUT2D eigenvalue weighted by molar-refractivity contribution is 9.10. The van der Waals surface area contributed by atoms with E-state index in [0.717, 1.165) is 27.9 Å². The number of ether oxygens (including phenoxy) is 1. The lowest BCUT2D eigenvalue weighted by atomic mass is 9.98. The smallest absolute Gasteiger partial charge is 0.297 e. The molecule has 6 nitrogen and oxygen atoms in total. The number of hydrogen-bond donors (Lipinski definition) is 0. The van der Waals surface area contributed by atoms with Gasteiger partial charge in [0.2, 0.25) is 5.76 Å². The van der Waals surface area contributed by atoms with Crippen molar-refractivity contribution in [3.63, 3.8) is 0 Å². The van der Waals surface area contributed by atoms with Gasteiger partial charge in [0.15, 0.2) is 10.6 Å². The second-order valence-corrected chi connectivity index (χ2v) is 9.33. The quantitative estimate of drug-likeness (QED) is 0.336. The minimum Gasteiger partial charge on any atom is -0.494 e. The number of nitrogens with zero attached hydrogens (tertiary/aromatic N) is 2. The van der Waals surface area contributed by atoms with E-state index in [2.05, 4.69) is 20.9 Å². The Morgan fingerprint density at radius 3 is 2.66 bits per heavy atom. The van der Waals surface area contributed by atoms with Crippen LogP contribution < -0.4 is 15.1 Å². The highest BCUT2D eigenvalue weighted by atomic mass is 79.9. The van der Waals surface area contributed by atoms with Crippen molar-refractivity contribution in [2.24, 2.45) is 0 Å². The Bertz CT molecular complexity index is 1390. The van der Waals surface area contributed by atoms with Gasteiger partial charge in [0.1, 0.15) is 11.3 Å². The molecule has 162 valence electrons. The SMILES string of the molecule is CCCOc1ccc([C@H]2c3c(oc4ccc(Br)cc4c3=O)C(=O)N2c2nc(C)cs2)cc1. The first-order valence-corrected chi connectivity index (χ1v) is 11.9. The normalized spacial score (nSPS) is 15.4. The monoisotopic (exact) mass is 510 g/mol. The lowest BCUT2D eigenvalue weighted by molar-refractivity contribution is 0.0971. The molecule has 0 spiro atoms. The van der Waals surface area contributed by atoms with E-state index in [9.17, 15) is 9.59 Å². The van der Waals surface area contributed by atoms with Crippen molar-refractivity contribution in [1.82, 2.24) is 4.98 Å². The van der Waals surface area contributed by atoms with Gasteiger partial charge >= 0.3 is 0 Å². The molecule has 0 N–H and O–H groups in total. The summed E-state index contributed by atoms with van der Waals surface area (Å²) in [5, 5.41) is 2.84. The first kappa shape index (κ1) is 20.9. The van der Waals surface area contributed by atoms with Crippen molar-refractivity contribution in [2.75, 3.05) is 11.5 Å². The fraction of sp³-hybridized carbons (Fsp3) is 0.208. The Kier molecular flexibility index (Phi) is 5.35. The number of benzene rings is 2. The van der Waals surface area contributed by atoms with E-state index in [-0.39, 0.29) is 17.1 Å². The molecule has 8 heteroatoms. The number of anilines is 1. The topological polar surface area (TPSA) is 72.6 Å². The van der Waals surface area contributed by atoms with Crippen LogP contribution in [0.5, 0.6) is 5.75 Å². The molecule has 3 heterocycles. The van der Waals surface area contributed by atoms with Crippen LogP contribution in [-0.4, -0.2) is 17.5 Å². The molecular weight excluding hydrogens is 492 g/mol. The lowest BCUT2D eigenvalue weighted by Gasteiger charge is -2.22. The van der Waals surface area contributed by atoms with Gasteiger partial charge in [0.25, 0.3) is 5.91 Å². The third kappa shape index (κ3) is 3.43. The Labute approximate surface area is 196 Å². The third-order valence-electron chi connectivity index (χ3n) is 5.31. The third-order valence-corrected chi connectivity index (χ3v) is 6.76. The number of halogens is 1. The van der Waals surface area contributed by atoms with E-state index in [1.54, 1.807) is 23.1 Å². The molecule has 0 saturated heterocycles. The van der Waals surface area contributed by atoms with Crippen molar-refractivity contribution in [3.8, 4) is 5.75 Å². The first-order chi connectivity index (χ1) is 15.5. The number of amides is 1. The van der Waals surface area contributed by atoms with Crippen LogP contribution in [0.2, 0.25) is 0 Å². The molecule has 0 aliphatic carbocycles. The van der Waals surface area contributed by atoms with E-state index in [1.807, 2.05) is 43.5 Å². The molecule has 32 heavy (non-hydrogen) atoms. The fourth-order valence-corrected chi connectivity index (χ4v) is 5.06. The van der Waals surface area contributed by atoms with Crippen LogP contribution in [0.4, 0.5) is 5.13 Å². The Morgan fingerprint density at radius 1 is 1.19 bits per heavy atom. The molecular formula is C24H19BrN2O4S. The highest BCUT2D eigenvalue weighted by Gasteiger charge is 2.44. The number of aryl methyl sites for hydroxylation is 1. The summed E-state index contributed by atoms with van der Waals surface area (Å²) in [6.45, 7) is 4.54. The first-order valence-electron chi connectivity index (χ1n) is 10.2. The molecule has 0 saturated carbocycles. The number of hydrogen-bond acceptors (Lipinski definition) is 6. The van der Waals surface area contributed by atoms with E-state index in [4.69, 9.17) is 9.15 Å². The van der Waals surface area contributed by atoms with Crippen LogP contribution in [0.25, 0.3) is 11.0 Å². The number of aromatic nitrogens is 1. The summed E-state index contributed by atoms with van der Waals surface area (Å²) in [4.78, 5) is 33.2. The maximum absolute atomic E-state index is 13.6. The summed E-state index contributed by atoms with van der Waals surface area (Å²) >= 11 is 4.78. The van der Waals surface area contributed by atoms with Gasteiger partial charge in [0, 0.05) is 9.85 Å². The summed E-state index contributed by atoms with van der Waals surface area (Å²) in [5.74, 6) is 0.438. The van der Waals surface area contributed by atoms with Crippen molar-refractivity contribution in [1.29, 1.82) is 0 Å². The van der Waals surface area contributed by atoms with Crippen LogP contribution in [0.15, 0.2) is 61.5 Å². The largest absolute Gasteiger partial charge is 0.494 e. The molecule has 1 aliphatic rings. The Morgan fingerprint density at radius 2 is 1.97 bits per heavy atom. The molecule has 2 aromatic heterocycles. The minimum atomic E-state index is -0.636. The molecule has 1 atom stereocenters. The zero-order valence-electron chi connectivity index (χ0n) is 17.4. The maximum Gasteiger partial charge on any atom is 0.297 e. The highest BCUT2D eigenvalue weighted by Crippen LogP contribution is 2.42. The number of rotatable bonds is 5. The van der Waals surface area contributed by atoms with Gasteiger partial charge in [-0.25, -0.2) is 4.98 Å². The van der Waals surface area contributed by atoms with Crippen LogP contribution in [0, 0.1) is 6.92 Å². The van der Waals surface area contributed by atoms with Crippen molar-refractivity contribution < 1.29 is 13.9 Å². The average molecular weight is 511 g/mol. The fourth-order valence-electron chi connectivity index (χ4n) is 3.88. The van der Waals surface area contributed by atoms with Gasteiger partial charge in [-0.15, -0.1) is 11.3 Å². The average Bonchev–Trinajstić information content (AvgIpc) is 3.34. The van der Waals surface area contributed by atoms with E-state index >= 15 is 0 Å². The van der Waals surface area contributed by atoms with Crippen LogP contribution in [0.3, 0.4) is 0 Å². The minimum absolute atomic E-state index is 0.0639. The van der Waals surface area contributed by atoms with Gasteiger partial charge in [-0.05, 0) is 49.2 Å². The van der Waals surface area contributed by atoms with Gasteiger partial charge in [0.05, 0.1) is 29.3 Å². The number of thiazole rings is 1. The van der Waals surface area contributed by atoms with Gasteiger partial charge in [-0.2, -0.15) is 0 Å². The van der Waals surface area contributed by atoms with E-state index < -0.39 is 6.04 Å². The Hall–Kier alpha value is -2.97. The molecule has 5 rings (SSSR count). The van der Waals surface area contributed by atoms with Crippen LogP contribution in [-0.2, 0) is 0 Å². The standard InChI is InChI=1S/C24H19BrN2O4S/c1-3-10-30-16-7-4-14(5-8-16)20-19-21(28)17-11-15(25)6-9-18(17)31-22(19)23(29)27(20)24-26-13(2)12-32-24/h4-9,11-12,20H,3,10H2,1-2H3/t20-/m0/s1. The maximum atomic E-state index is 13.6. The van der Waals surface area contributed by atoms with Crippen LogP contribution >= 0.6 is 27.3 Å². The zero-order valence-corrected chi connectivity index (χ0v) is 19.8. The van der Waals surface area contributed by atoms with E-state index in [1.165, 1.54) is 11.3 Å². The van der Waals surface area contributed by atoms with Crippen molar-refractivity contribution in [2.45, 2.75) is 26.3 Å². The zero-order chi connectivity index (χ0) is 22.4. The summed E-state index contributed by atoms with van der Waals surface area (Å²) < 4.78 is 12.4. The van der Waals surface area contributed by atoms with Gasteiger partial charge in [-0.3, -0.25) is 14.5 Å². The van der Waals surface area contributed by atoms with Gasteiger partial charge < -0.3 is 9.15 Å². The van der Waals surface area contributed by atoms with E-state index in [0.29, 0.717) is 28.3 Å². The predicted octanol–water partition coefficient (Wildman–Crippen LogP) is 5.86.